The number of halogens is 4. The number of nitrogens with one attached hydrogen (secondary N) is 1. The van der Waals surface area contributed by atoms with E-state index in [2.05, 4.69) is 17.5 Å². The zero-order chi connectivity index (χ0) is 14.9. The molecular formula is C13H8Cl2F2N2S. The van der Waals surface area contributed by atoms with E-state index in [4.69, 9.17) is 28.9 Å². The summed E-state index contributed by atoms with van der Waals surface area (Å²) in [6.45, 7) is 0. The Hall–Kier alpha value is -1.43. The van der Waals surface area contributed by atoms with E-state index >= 15 is 0 Å². The molecule has 104 valence electrons. The Labute approximate surface area is 129 Å². The van der Waals surface area contributed by atoms with Gasteiger partial charge < -0.3 is 11.1 Å². The average molecular weight is 333 g/mol. The molecule has 0 aromatic heterocycles. The predicted octanol–water partition coefficient (Wildman–Crippen LogP) is 4.65. The van der Waals surface area contributed by atoms with Gasteiger partial charge in [-0.05, 0) is 24.3 Å². The molecule has 7 heteroatoms. The summed E-state index contributed by atoms with van der Waals surface area (Å²) in [5.41, 5.74) is 5.39. The van der Waals surface area contributed by atoms with Crippen molar-refractivity contribution in [3.05, 3.63) is 57.6 Å². The van der Waals surface area contributed by atoms with E-state index in [1.54, 1.807) is 18.2 Å². The molecule has 0 aliphatic rings. The van der Waals surface area contributed by atoms with Crippen LogP contribution in [0.25, 0.3) is 0 Å². The van der Waals surface area contributed by atoms with Crippen molar-refractivity contribution in [2.45, 2.75) is 0 Å². The summed E-state index contributed by atoms with van der Waals surface area (Å²) >= 11 is 16.5. The first-order chi connectivity index (χ1) is 9.40. The molecule has 0 amide bonds. The maximum absolute atomic E-state index is 13.9. The molecule has 2 aromatic rings. The molecule has 0 aliphatic heterocycles. The van der Waals surface area contributed by atoms with Crippen LogP contribution in [0.2, 0.25) is 10.0 Å². The van der Waals surface area contributed by atoms with Gasteiger partial charge in [0.15, 0.2) is 0 Å². The van der Waals surface area contributed by atoms with E-state index in [9.17, 15) is 8.78 Å². The topological polar surface area (TPSA) is 38.0 Å². The molecule has 0 saturated carbocycles. The second-order valence-corrected chi connectivity index (χ2v) is 5.13. The van der Waals surface area contributed by atoms with Crippen LogP contribution >= 0.6 is 35.4 Å². The molecule has 2 aromatic carbocycles. The van der Waals surface area contributed by atoms with Crippen molar-refractivity contribution >= 4 is 51.8 Å². The van der Waals surface area contributed by atoms with Gasteiger partial charge in [-0.2, -0.15) is 0 Å². The molecule has 0 atom stereocenters. The summed E-state index contributed by atoms with van der Waals surface area (Å²) in [6.07, 6.45) is 0. The van der Waals surface area contributed by atoms with Gasteiger partial charge in [0.25, 0.3) is 0 Å². The maximum atomic E-state index is 13.9. The first kappa shape index (κ1) is 15.0. The first-order valence-corrected chi connectivity index (χ1v) is 6.56. The highest BCUT2D eigenvalue weighted by Gasteiger charge is 2.14. The molecule has 3 N–H and O–H groups in total. The number of hydrogen-bond donors (Lipinski definition) is 2. The third-order valence-electron chi connectivity index (χ3n) is 2.54. The molecule has 0 aliphatic carbocycles. The molecular weight excluding hydrogens is 325 g/mol. The fraction of sp³-hybridized carbons (Fsp3) is 0. The van der Waals surface area contributed by atoms with Crippen molar-refractivity contribution < 1.29 is 8.78 Å². The Morgan fingerprint density at radius 1 is 1.15 bits per heavy atom. The van der Waals surface area contributed by atoms with Crippen molar-refractivity contribution in [1.29, 1.82) is 0 Å². The van der Waals surface area contributed by atoms with E-state index in [0.717, 1.165) is 12.1 Å². The van der Waals surface area contributed by atoms with Gasteiger partial charge in [-0.15, -0.1) is 0 Å². The molecule has 0 unspecified atom stereocenters. The Morgan fingerprint density at radius 2 is 1.75 bits per heavy atom. The SMILES string of the molecule is NC(=S)c1cc(F)c(Nc2cccc(Cl)c2Cl)c(F)c1. The lowest BCUT2D eigenvalue weighted by Gasteiger charge is -2.12. The Balaban J connectivity index is 2.44. The standard InChI is InChI=1S/C13H8Cl2F2N2S/c14-7-2-1-3-10(11(7)15)19-12-8(16)4-6(13(18)20)5-9(12)17/h1-5,19H,(H2,18,20). The van der Waals surface area contributed by atoms with Crippen molar-refractivity contribution in [1.82, 2.24) is 0 Å². The van der Waals surface area contributed by atoms with Crippen LogP contribution in [0.4, 0.5) is 20.2 Å². The third kappa shape index (κ3) is 3.00. The zero-order valence-electron chi connectivity index (χ0n) is 9.88. The van der Waals surface area contributed by atoms with Crippen LogP contribution < -0.4 is 11.1 Å². The van der Waals surface area contributed by atoms with Crippen LogP contribution in [-0.4, -0.2) is 4.99 Å². The van der Waals surface area contributed by atoms with Crippen LogP contribution in [0.15, 0.2) is 30.3 Å². The molecule has 0 radical (unpaired) electrons. The lowest BCUT2D eigenvalue weighted by atomic mass is 10.1. The Morgan fingerprint density at radius 3 is 2.30 bits per heavy atom. The fourth-order valence-corrected chi connectivity index (χ4v) is 2.04. The van der Waals surface area contributed by atoms with E-state index in [1.807, 2.05) is 0 Å². The fourth-order valence-electron chi connectivity index (χ4n) is 1.57. The van der Waals surface area contributed by atoms with Crippen molar-refractivity contribution in [3.63, 3.8) is 0 Å². The highest BCUT2D eigenvalue weighted by Crippen LogP contribution is 2.33. The van der Waals surface area contributed by atoms with Crippen LogP contribution in [-0.2, 0) is 0 Å². The molecule has 2 nitrogen and oxygen atoms in total. The summed E-state index contributed by atoms with van der Waals surface area (Å²) in [6, 6.07) is 6.82. The summed E-state index contributed by atoms with van der Waals surface area (Å²) in [7, 11) is 0. The highest BCUT2D eigenvalue weighted by atomic mass is 35.5. The van der Waals surface area contributed by atoms with Crippen molar-refractivity contribution in [2.24, 2.45) is 5.73 Å². The van der Waals surface area contributed by atoms with Gasteiger partial charge in [0.1, 0.15) is 22.3 Å². The van der Waals surface area contributed by atoms with Gasteiger partial charge in [-0.3, -0.25) is 0 Å². The number of thiocarbonyl (C=S) groups is 1. The van der Waals surface area contributed by atoms with Gasteiger partial charge in [-0.1, -0.05) is 41.5 Å². The van der Waals surface area contributed by atoms with Crippen LogP contribution in [0.5, 0.6) is 0 Å². The van der Waals surface area contributed by atoms with E-state index < -0.39 is 11.6 Å². The van der Waals surface area contributed by atoms with E-state index in [-0.39, 0.29) is 26.3 Å². The van der Waals surface area contributed by atoms with Crippen LogP contribution in [0.1, 0.15) is 5.56 Å². The molecule has 0 bridgehead atoms. The lowest BCUT2D eigenvalue weighted by Crippen LogP contribution is -2.11. The minimum absolute atomic E-state index is 0.0878. The molecule has 2 rings (SSSR count). The Bertz CT molecular complexity index is 669. The van der Waals surface area contributed by atoms with Gasteiger partial charge in [0.2, 0.25) is 0 Å². The number of nitrogens with two attached hydrogens (primary N) is 1. The molecule has 0 spiro atoms. The molecule has 0 fully saturated rings. The van der Waals surface area contributed by atoms with Crippen molar-refractivity contribution in [3.8, 4) is 0 Å². The first-order valence-electron chi connectivity index (χ1n) is 5.40. The van der Waals surface area contributed by atoms with Gasteiger partial charge in [0, 0.05) is 5.56 Å². The predicted molar refractivity (Wildman–Crippen MR) is 82.0 cm³/mol. The Kier molecular flexibility index (Phi) is 4.42. The molecule has 0 saturated heterocycles. The largest absolute Gasteiger partial charge is 0.389 e. The molecule has 20 heavy (non-hydrogen) atoms. The van der Waals surface area contributed by atoms with Gasteiger partial charge in [0.05, 0.1) is 15.7 Å². The third-order valence-corrected chi connectivity index (χ3v) is 3.59. The zero-order valence-corrected chi connectivity index (χ0v) is 12.2. The monoisotopic (exact) mass is 332 g/mol. The highest BCUT2D eigenvalue weighted by molar-refractivity contribution is 7.80. The van der Waals surface area contributed by atoms with E-state index in [1.165, 1.54) is 0 Å². The second-order valence-electron chi connectivity index (χ2n) is 3.91. The average Bonchev–Trinajstić information content (AvgIpc) is 2.38. The minimum atomic E-state index is -0.830. The summed E-state index contributed by atoms with van der Waals surface area (Å²) in [5, 5.41) is 3.01. The van der Waals surface area contributed by atoms with Gasteiger partial charge in [-0.25, -0.2) is 8.78 Å². The minimum Gasteiger partial charge on any atom is -0.389 e. The number of benzene rings is 2. The lowest BCUT2D eigenvalue weighted by molar-refractivity contribution is 0.590. The summed E-state index contributed by atoms with van der Waals surface area (Å²) in [5.74, 6) is -1.66. The van der Waals surface area contributed by atoms with Crippen LogP contribution in [0, 0.1) is 11.6 Å². The number of anilines is 2. The van der Waals surface area contributed by atoms with Gasteiger partial charge >= 0.3 is 0 Å². The number of rotatable bonds is 3. The van der Waals surface area contributed by atoms with Crippen LogP contribution in [0.3, 0.4) is 0 Å². The number of hydrogen-bond acceptors (Lipinski definition) is 2. The molecule has 0 heterocycles. The normalized spacial score (nSPS) is 10.4. The quantitative estimate of drug-likeness (QED) is 0.803. The smallest absolute Gasteiger partial charge is 0.150 e. The second kappa shape index (κ2) is 5.91. The maximum Gasteiger partial charge on any atom is 0.150 e. The summed E-state index contributed by atoms with van der Waals surface area (Å²) in [4.78, 5) is -0.0878. The van der Waals surface area contributed by atoms with Crippen molar-refractivity contribution in [2.75, 3.05) is 5.32 Å². The summed E-state index contributed by atoms with van der Waals surface area (Å²) < 4.78 is 27.8. The van der Waals surface area contributed by atoms with E-state index in [0.29, 0.717) is 5.69 Å².